The summed E-state index contributed by atoms with van der Waals surface area (Å²) in [5, 5.41) is 6.02. The lowest BCUT2D eigenvalue weighted by atomic mass is 10.0. The van der Waals surface area contributed by atoms with Crippen molar-refractivity contribution in [1.82, 2.24) is 10.6 Å². The highest BCUT2D eigenvalue weighted by Crippen LogP contribution is 2.02. The first-order valence-electron chi connectivity index (χ1n) is 5.32. The normalized spacial score (nSPS) is 15.3. The van der Waals surface area contributed by atoms with E-state index in [9.17, 15) is 4.79 Å². The Balaban J connectivity index is 0.00000196. The highest BCUT2D eigenvalue weighted by molar-refractivity contribution is 5.85. The van der Waals surface area contributed by atoms with E-state index < -0.39 is 0 Å². The van der Waals surface area contributed by atoms with Crippen molar-refractivity contribution in [3.8, 4) is 0 Å². The Kier molecular flexibility index (Phi) is 8.76. The lowest BCUT2D eigenvalue weighted by molar-refractivity contribution is -0.126. The van der Waals surface area contributed by atoms with Crippen LogP contribution in [0.25, 0.3) is 0 Å². The number of rotatable bonds is 7. The summed E-state index contributed by atoms with van der Waals surface area (Å²) in [7, 11) is 1.71. The van der Waals surface area contributed by atoms with Crippen LogP contribution >= 0.6 is 12.4 Å². The van der Waals surface area contributed by atoms with Gasteiger partial charge in [-0.05, 0) is 19.3 Å². The topological polar surface area (TPSA) is 50.4 Å². The number of methoxy groups -OCH3 is 1. The molecule has 1 aliphatic heterocycles. The molecule has 1 saturated heterocycles. The van der Waals surface area contributed by atoms with E-state index in [0.717, 1.165) is 45.5 Å². The van der Waals surface area contributed by atoms with Gasteiger partial charge in [-0.1, -0.05) is 0 Å². The van der Waals surface area contributed by atoms with Gasteiger partial charge in [0.1, 0.15) is 0 Å². The van der Waals surface area contributed by atoms with Crippen LogP contribution < -0.4 is 10.6 Å². The zero-order valence-corrected chi connectivity index (χ0v) is 10.1. The van der Waals surface area contributed by atoms with Crippen LogP contribution in [0, 0.1) is 5.92 Å². The van der Waals surface area contributed by atoms with E-state index in [-0.39, 0.29) is 24.2 Å². The molecule has 2 N–H and O–H groups in total. The van der Waals surface area contributed by atoms with Crippen molar-refractivity contribution in [3.05, 3.63) is 0 Å². The van der Waals surface area contributed by atoms with Crippen LogP contribution in [0.2, 0.25) is 0 Å². The van der Waals surface area contributed by atoms with Gasteiger partial charge in [-0.15, -0.1) is 12.4 Å². The van der Waals surface area contributed by atoms with Gasteiger partial charge >= 0.3 is 0 Å². The second kappa shape index (κ2) is 8.95. The van der Waals surface area contributed by atoms with E-state index in [1.54, 1.807) is 7.11 Å². The van der Waals surface area contributed by atoms with Gasteiger partial charge in [-0.25, -0.2) is 0 Å². The van der Waals surface area contributed by atoms with E-state index in [0.29, 0.717) is 0 Å². The molecule has 90 valence electrons. The number of hydrogen-bond acceptors (Lipinski definition) is 3. The highest BCUT2D eigenvalue weighted by Gasteiger charge is 2.23. The Labute approximate surface area is 97.5 Å². The Morgan fingerprint density at radius 3 is 2.67 bits per heavy atom. The Bertz CT molecular complexity index is 175. The molecule has 5 heteroatoms. The largest absolute Gasteiger partial charge is 0.385 e. The third kappa shape index (κ3) is 5.97. The summed E-state index contributed by atoms with van der Waals surface area (Å²) in [4.78, 5) is 11.3. The lowest BCUT2D eigenvalue weighted by Gasteiger charge is -2.25. The van der Waals surface area contributed by atoms with Crippen LogP contribution in [0.4, 0.5) is 0 Å². The van der Waals surface area contributed by atoms with Crippen LogP contribution in [0.1, 0.15) is 19.3 Å². The molecule has 4 nitrogen and oxygen atoms in total. The maximum atomic E-state index is 11.3. The molecular formula is C10H21ClN2O2. The number of halogens is 1. The van der Waals surface area contributed by atoms with Crippen LogP contribution in [-0.4, -0.2) is 39.3 Å². The van der Waals surface area contributed by atoms with Gasteiger partial charge in [-0.2, -0.15) is 0 Å². The minimum absolute atomic E-state index is 0. The number of carbonyl (C=O) groups is 1. The van der Waals surface area contributed by atoms with Crippen molar-refractivity contribution in [3.63, 3.8) is 0 Å². The molecule has 1 rings (SSSR count). The predicted molar refractivity (Wildman–Crippen MR) is 62.3 cm³/mol. The number of unbranched alkanes of at least 4 members (excludes halogenated alkanes) is 2. The van der Waals surface area contributed by atoms with Crippen LogP contribution in [0.15, 0.2) is 0 Å². The number of amides is 1. The minimum atomic E-state index is 0. The number of carbonyl (C=O) groups excluding carboxylic acids is 1. The zero-order chi connectivity index (χ0) is 10.2. The smallest absolute Gasteiger partial charge is 0.225 e. The van der Waals surface area contributed by atoms with Crippen LogP contribution in [0.5, 0.6) is 0 Å². The molecule has 0 aromatic heterocycles. The maximum Gasteiger partial charge on any atom is 0.225 e. The fourth-order valence-corrected chi connectivity index (χ4v) is 1.38. The Morgan fingerprint density at radius 2 is 2.13 bits per heavy atom. The molecule has 1 fully saturated rings. The van der Waals surface area contributed by atoms with E-state index in [1.165, 1.54) is 0 Å². The molecular weight excluding hydrogens is 216 g/mol. The van der Waals surface area contributed by atoms with E-state index >= 15 is 0 Å². The summed E-state index contributed by atoms with van der Waals surface area (Å²) >= 11 is 0. The molecule has 0 atom stereocenters. The van der Waals surface area contributed by atoms with E-state index in [2.05, 4.69) is 10.6 Å². The monoisotopic (exact) mass is 236 g/mol. The quantitative estimate of drug-likeness (QED) is 0.636. The molecule has 0 saturated carbocycles. The maximum absolute atomic E-state index is 11.3. The van der Waals surface area contributed by atoms with Crippen molar-refractivity contribution < 1.29 is 9.53 Å². The van der Waals surface area contributed by atoms with Crippen molar-refractivity contribution >= 4 is 18.3 Å². The molecule has 0 unspecified atom stereocenters. The molecule has 0 aromatic rings. The standard InChI is InChI=1S/C10H20N2O2.ClH/c1-14-6-4-2-3-5-12-10(13)9-7-11-8-9;/h9,11H,2-8H2,1H3,(H,12,13);1H. The van der Waals surface area contributed by atoms with E-state index in [4.69, 9.17) is 4.74 Å². The second-order valence-corrected chi connectivity index (χ2v) is 3.70. The van der Waals surface area contributed by atoms with Gasteiger partial charge in [0.25, 0.3) is 0 Å². The lowest BCUT2D eigenvalue weighted by Crippen LogP contribution is -2.50. The molecule has 0 bridgehead atoms. The molecule has 15 heavy (non-hydrogen) atoms. The first kappa shape index (κ1) is 14.7. The zero-order valence-electron chi connectivity index (χ0n) is 9.25. The number of hydrogen-bond donors (Lipinski definition) is 2. The SMILES string of the molecule is COCCCCCNC(=O)C1CNC1.Cl. The van der Waals surface area contributed by atoms with Gasteiger partial charge < -0.3 is 15.4 Å². The summed E-state index contributed by atoms with van der Waals surface area (Å²) in [6.45, 7) is 3.31. The van der Waals surface area contributed by atoms with Crippen LogP contribution in [-0.2, 0) is 9.53 Å². The molecule has 1 amide bonds. The third-order valence-corrected chi connectivity index (χ3v) is 2.48. The fraction of sp³-hybridized carbons (Fsp3) is 0.900. The molecule has 0 aromatic carbocycles. The summed E-state index contributed by atoms with van der Waals surface area (Å²) in [5.74, 6) is 0.421. The van der Waals surface area contributed by atoms with E-state index in [1.807, 2.05) is 0 Å². The predicted octanol–water partition coefficient (Wildman–Crippen LogP) is 0.560. The van der Waals surface area contributed by atoms with Gasteiger partial charge in [0.15, 0.2) is 0 Å². The van der Waals surface area contributed by atoms with Gasteiger partial charge in [-0.3, -0.25) is 4.79 Å². The summed E-state index contributed by atoms with van der Waals surface area (Å²) in [6.07, 6.45) is 3.25. The fourth-order valence-electron chi connectivity index (χ4n) is 1.38. The number of nitrogens with one attached hydrogen (secondary N) is 2. The average molecular weight is 237 g/mol. The first-order chi connectivity index (χ1) is 6.84. The van der Waals surface area contributed by atoms with Gasteiger partial charge in [0.2, 0.25) is 5.91 Å². The summed E-state index contributed by atoms with van der Waals surface area (Å²) in [5.41, 5.74) is 0. The third-order valence-electron chi connectivity index (χ3n) is 2.48. The molecule has 0 radical (unpaired) electrons. The Morgan fingerprint density at radius 1 is 1.40 bits per heavy atom. The molecule has 0 spiro atoms. The molecule has 0 aliphatic carbocycles. The minimum Gasteiger partial charge on any atom is -0.385 e. The van der Waals surface area contributed by atoms with Crippen molar-refractivity contribution in [2.75, 3.05) is 33.4 Å². The first-order valence-corrected chi connectivity index (χ1v) is 5.32. The van der Waals surface area contributed by atoms with Gasteiger partial charge in [0.05, 0.1) is 5.92 Å². The molecule has 1 aliphatic rings. The van der Waals surface area contributed by atoms with Crippen molar-refractivity contribution in [1.29, 1.82) is 0 Å². The van der Waals surface area contributed by atoms with Crippen molar-refractivity contribution in [2.24, 2.45) is 5.92 Å². The summed E-state index contributed by atoms with van der Waals surface area (Å²) in [6, 6.07) is 0. The average Bonchev–Trinajstić information content (AvgIpc) is 2.08. The van der Waals surface area contributed by atoms with Gasteiger partial charge in [0, 0.05) is 33.4 Å². The Hall–Kier alpha value is -0.320. The van der Waals surface area contributed by atoms with Crippen molar-refractivity contribution in [2.45, 2.75) is 19.3 Å². The number of ether oxygens (including phenoxy) is 1. The second-order valence-electron chi connectivity index (χ2n) is 3.70. The highest BCUT2D eigenvalue weighted by atomic mass is 35.5. The molecule has 1 heterocycles. The van der Waals surface area contributed by atoms with Crippen LogP contribution in [0.3, 0.4) is 0 Å². The summed E-state index contributed by atoms with van der Waals surface area (Å²) < 4.78 is 4.94.